The van der Waals surface area contributed by atoms with Crippen molar-refractivity contribution in [2.24, 2.45) is 0 Å². The van der Waals surface area contributed by atoms with Crippen LogP contribution in [0.15, 0.2) is 30.6 Å². The number of para-hydroxylation sites is 1. The number of ether oxygens (including phenoxy) is 1. The lowest BCUT2D eigenvalue weighted by molar-refractivity contribution is -0.0153. The Morgan fingerprint density at radius 2 is 2.03 bits per heavy atom. The lowest BCUT2D eigenvalue weighted by Gasteiger charge is -2.35. The van der Waals surface area contributed by atoms with Gasteiger partial charge < -0.3 is 4.74 Å². The largest absolute Gasteiger partial charge is 0.378 e. The zero-order valence-electron chi connectivity index (χ0n) is 16.8. The number of morpholine rings is 1. The molecule has 1 fully saturated rings. The summed E-state index contributed by atoms with van der Waals surface area (Å²) < 4.78 is 48.6. The Bertz CT molecular complexity index is 1020. The highest BCUT2D eigenvalue weighted by atomic mass is 19.3. The fourth-order valence-electron chi connectivity index (χ4n) is 3.96. The second-order valence-corrected chi connectivity index (χ2v) is 7.26. The van der Waals surface area contributed by atoms with E-state index in [0.717, 1.165) is 17.0 Å². The lowest BCUT2D eigenvalue weighted by atomic mass is 10.0. The average Bonchev–Trinajstić information content (AvgIpc) is 3.26. The van der Waals surface area contributed by atoms with Gasteiger partial charge in [0.1, 0.15) is 30.2 Å². The Morgan fingerprint density at radius 3 is 2.80 bits per heavy atom. The molecule has 0 aliphatic carbocycles. The third kappa shape index (κ3) is 3.97. The predicted octanol–water partition coefficient (Wildman–Crippen LogP) is 3.06. The van der Waals surface area contributed by atoms with Crippen molar-refractivity contribution >= 4 is 0 Å². The van der Waals surface area contributed by atoms with Gasteiger partial charge in [0.25, 0.3) is 6.43 Å². The molecule has 10 heteroatoms. The van der Waals surface area contributed by atoms with E-state index < -0.39 is 13.0 Å². The summed E-state index contributed by atoms with van der Waals surface area (Å²) in [6.07, 6.45) is -1.21. The van der Waals surface area contributed by atoms with Crippen molar-refractivity contribution in [2.45, 2.75) is 39.4 Å². The lowest BCUT2D eigenvalue weighted by Crippen LogP contribution is -2.40. The highest BCUT2D eigenvalue weighted by Gasteiger charge is 2.31. The second-order valence-electron chi connectivity index (χ2n) is 7.26. The SMILES string of the molecule is Cc1nn(-c2ccccc2F)c(C)c1C1COCCN1Cc1ncnn1CC(F)F. The van der Waals surface area contributed by atoms with Crippen LogP contribution in [0, 0.1) is 19.7 Å². The van der Waals surface area contributed by atoms with E-state index in [0.29, 0.717) is 37.8 Å². The first kappa shape index (κ1) is 20.5. The number of hydrogen-bond donors (Lipinski definition) is 0. The van der Waals surface area contributed by atoms with Crippen molar-refractivity contribution in [2.75, 3.05) is 19.8 Å². The molecule has 1 unspecified atom stereocenters. The Balaban J connectivity index is 1.66. The van der Waals surface area contributed by atoms with E-state index in [1.54, 1.807) is 22.9 Å². The number of aromatic nitrogens is 5. The van der Waals surface area contributed by atoms with Crippen LogP contribution < -0.4 is 0 Å². The summed E-state index contributed by atoms with van der Waals surface area (Å²) in [4.78, 5) is 6.29. The normalized spacial score (nSPS) is 17.7. The second kappa shape index (κ2) is 8.57. The Labute approximate surface area is 172 Å². The maximum Gasteiger partial charge on any atom is 0.257 e. The topological polar surface area (TPSA) is 61.0 Å². The quantitative estimate of drug-likeness (QED) is 0.614. The molecule has 3 heterocycles. The first-order chi connectivity index (χ1) is 14.5. The van der Waals surface area contributed by atoms with Crippen LogP contribution in [0.1, 0.15) is 28.8 Å². The van der Waals surface area contributed by atoms with Crippen molar-refractivity contribution in [3.63, 3.8) is 0 Å². The average molecular weight is 420 g/mol. The first-order valence-electron chi connectivity index (χ1n) is 9.73. The smallest absolute Gasteiger partial charge is 0.257 e. The summed E-state index contributed by atoms with van der Waals surface area (Å²) in [6.45, 7) is 5.19. The van der Waals surface area contributed by atoms with Gasteiger partial charge in [-0.25, -0.2) is 27.5 Å². The third-order valence-electron chi connectivity index (χ3n) is 5.35. The van der Waals surface area contributed by atoms with Gasteiger partial charge in [-0.05, 0) is 26.0 Å². The molecule has 0 bridgehead atoms. The van der Waals surface area contributed by atoms with Gasteiger partial charge >= 0.3 is 0 Å². The van der Waals surface area contributed by atoms with Gasteiger partial charge in [0.05, 0.1) is 31.5 Å². The highest BCUT2D eigenvalue weighted by Crippen LogP contribution is 2.32. The monoisotopic (exact) mass is 420 g/mol. The van der Waals surface area contributed by atoms with Crippen LogP contribution >= 0.6 is 0 Å². The van der Waals surface area contributed by atoms with E-state index in [4.69, 9.17) is 4.74 Å². The molecule has 1 aliphatic heterocycles. The van der Waals surface area contributed by atoms with Crippen LogP contribution in [0.5, 0.6) is 0 Å². The molecule has 0 amide bonds. The zero-order valence-corrected chi connectivity index (χ0v) is 16.8. The number of aryl methyl sites for hydroxylation is 1. The van der Waals surface area contributed by atoms with Gasteiger partial charge in [-0.15, -0.1) is 0 Å². The van der Waals surface area contributed by atoms with Crippen LogP contribution in [0.4, 0.5) is 13.2 Å². The van der Waals surface area contributed by atoms with Crippen molar-refractivity contribution in [1.29, 1.82) is 0 Å². The van der Waals surface area contributed by atoms with Gasteiger partial charge in [-0.3, -0.25) is 4.90 Å². The van der Waals surface area contributed by atoms with Crippen molar-refractivity contribution < 1.29 is 17.9 Å². The number of benzene rings is 1. The molecule has 3 aromatic rings. The number of nitrogens with zero attached hydrogens (tertiary/aromatic N) is 6. The van der Waals surface area contributed by atoms with Crippen molar-refractivity contribution in [3.05, 3.63) is 59.2 Å². The zero-order chi connectivity index (χ0) is 21.3. The van der Waals surface area contributed by atoms with E-state index in [1.165, 1.54) is 17.1 Å². The van der Waals surface area contributed by atoms with Gasteiger partial charge in [-0.2, -0.15) is 10.2 Å². The number of alkyl halides is 2. The van der Waals surface area contributed by atoms with Gasteiger partial charge in [-0.1, -0.05) is 12.1 Å². The molecular formula is C20H23F3N6O. The van der Waals surface area contributed by atoms with E-state index in [2.05, 4.69) is 20.1 Å². The molecule has 1 aliphatic rings. The minimum Gasteiger partial charge on any atom is -0.378 e. The molecule has 7 nitrogen and oxygen atoms in total. The highest BCUT2D eigenvalue weighted by molar-refractivity contribution is 5.39. The molecule has 160 valence electrons. The molecular weight excluding hydrogens is 397 g/mol. The summed E-state index contributed by atoms with van der Waals surface area (Å²) in [5, 5.41) is 8.48. The maximum absolute atomic E-state index is 14.3. The Morgan fingerprint density at radius 1 is 1.23 bits per heavy atom. The van der Waals surface area contributed by atoms with Gasteiger partial charge in [0, 0.05) is 17.8 Å². The fraction of sp³-hybridized carbons (Fsp3) is 0.450. The molecule has 1 atom stereocenters. The Hall–Kier alpha value is -2.72. The van der Waals surface area contributed by atoms with E-state index in [9.17, 15) is 13.2 Å². The summed E-state index contributed by atoms with van der Waals surface area (Å²) in [6, 6.07) is 6.33. The number of halogens is 3. The minimum absolute atomic E-state index is 0.157. The summed E-state index contributed by atoms with van der Waals surface area (Å²) in [5.74, 6) is 0.116. The molecule has 0 spiro atoms. The summed E-state index contributed by atoms with van der Waals surface area (Å²) in [5.41, 5.74) is 2.90. The molecule has 0 radical (unpaired) electrons. The molecule has 2 aromatic heterocycles. The van der Waals surface area contributed by atoms with Crippen molar-refractivity contribution in [1.82, 2.24) is 29.4 Å². The molecule has 1 saturated heterocycles. The van der Waals surface area contributed by atoms with E-state index in [-0.39, 0.29) is 11.9 Å². The molecule has 0 saturated carbocycles. The maximum atomic E-state index is 14.3. The molecule has 30 heavy (non-hydrogen) atoms. The van der Waals surface area contributed by atoms with E-state index in [1.807, 2.05) is 13.8 Å². The number of rotatable bonds is 6. The summed E-state index contributed by atoms with van der Waals surface area (Å²) in [7, 11) is 0. The summed E-state index contributed by atoms with van der Waals surface area (Å²) >= 11 is 0. The van der Waals surface area contributed by atoms with Gasteiger partial charge in [0.2, 0.25) is 0 Å². The Kier molecular flexibility index (Phi) is 5.87. The van der Waals surface area contributed by atoms with E-state index >= 15 is 0 Å². The fourth-order valence-corrected chi connectivity index (χ4v) is 3.96. The van der Waals surface area contributed by atoms with Crippen LogP contribution in [-0.4, -0.2) is 55.6 Å². The molecule has 4 rings (SSSR count). The number of hydrogen-bond acceptors (Lipinski definition) is 5. The van der Waals surface area contributed by atoms with Crippen LogP contribution in [0.3, 0.4) is 0 Å². The van der Waals surface area contributed by atoms with Crippen LogP contribution in [-0.2, 0) is 17.8 Å². The van der Waals surface area contributed by atoms with Crippen LogP contribution in [0.2, 0.25) is 0 Å². The first-order valence-corrected chi connectivity index (χ1v) is 9.73. The van der Waals surface area contributed by atoms with Crippen molar-refractivity contribution in [3.8, 4) is 5.69 Å². The third-order valence-corrected chi connectivity index (χ3v) is 5.35. The predicted molar refractivity (Wildman–Crippen MR) is 103 cm³/mol. The van der Waals surface area contributed by atoms with Gasteiger partial charge in [0.15, 0.2) is 0 Å². The standard InChI is InChI=1S/C20H23F3N6O/c1-13-20(14(2)29(26-13)16-6-4-3-5-15(16)21)17-11-30-8-7-27(17)10-19-24-12-25-28(19)9-18(22)23/h3-6,12,17-18H,7-11H2,1-2H3. The van der Waals surface area contributed by atoms with Crippen LogP contribution in [0.25, 0.3) is 5.69 Å². The molecule has 0 N–H and O–H groups in total. The molecule has 1 aromatic carbocycles. The minimum atomic E-state index is -2.51.